The van der Waals surface area contributed by atoms with E-state index in [0.717, 1.165) is 0 Å². The number of fused-ring (bicyclic) bond motifs is 1. The number of alkyl halides is 1. The van der Waals surface area contributed by atoms with E-state index >= 15 is 0 Å². The van der Waals surface area contributed by atoms with Gasteiger partial charge in [0.1, 0.15) is 11.9 Å². The third kappa shape index (κ3) is 1.24. The number of H-pyrrole nitrogens is 1. The first-order valence-corrected chi connectivity index (χ1v) is 3.99. The number of nitrogens with one attached hydrogen (secondary N) is 1. The number of aromatic hydroxyl groups is 1. The first-order valence-electron chi connectivity index (χ1n) is 3.99. The van der Waals surface area contributed by atoms with Crippen LogP contribution in [0, 0.1) is 0 Å². The molecule has 13 heavy (non-hydrogen) atoms. The summed E-state index contributed by atoms with van der Waals surface area (Å²) in [6.07, 6.45) is -1.10. The van der Waals surface area contributed by atoms with Crippen molar-refractivity contribution in [3.05, 3.63) is 23.9 Å². The van der Waals surface area contributed by atoms with Gasteiger partial charge in [-0.3, -0.25) is 5.10 Å². The van der Waals surface area contributed by atoms with Crippen molar-refractivity contribution in [3.63, 3.8) is 0 Å². The Hall–Kier alpha value is -1.58. The van der Waals surface area contributed by atoms with E-state index in [1.807, 2.05) is 0 Å². The van der Waals surface area contributed by atoms with Crippen LogP contribution in [-0.4, -0.2) is 15.3 Å². The Bertz CT molecular complexity index is 436. The van der Waals surface area contributed by atoms with Gasteiger partial charge in [-0.2, -0.15) is 5.10 Å². The molecule has 1 aromatic carbocycles. The van der Waals surface area contributed by atoms with Crippen molar-refractivity contribution < 1.29 is 9.50 Å². The number of halogens is 1. The predicted octanol–water partition coefficient (Wildman–Crippen LogP) is 2.30. The van der Waals surface area contributed by atoms with Crippen LogP contribution in [0.1, 0.15) is 18.8 Å². The number of phenolic OH excluding ortho intramolecular Hbond substituents is 1. The zero-order valence-electron chi connectivity index (χ0n) is 7.08. The number of rotatable bonds is 1. The van der Waals surface area contributed by atoms with Gasteiger partial charge >= 0.3 is 0 Å². The molecule has 2 N–H and O–H groups in total. The summed E-state index contributed by atoms with van der Waals surface area (Å²) in [5.74, 6) is 0.121. The lowest BCUT2D eigenvalue weighted by atomic mass is 10.1. The van der Waals surface area contributed by atoms with Gasteiger partial charge in [0, 0.05) is 5.39 Å². The summed E-state index contributed by atoms with van der Waals surface area (Å²) < 4.78 is 13.0. The van der Waals surface area contributed by atoms with Crippen molar-refractivity contribution in [2.75, 3.05) is 0 Å². The molecular weight excluding hydrogens is 171 g/mol. The monoisotopic (exact) mass is 180 g/mol. The van der Waals surface area contributed by atoms with Crippen LogP contribution < -0.4 is 0 Å². The summed E-state index contributed by atoms with van der Waals surface area (Å²) in [6.45, 7) is 1.43. The lowest BCUT2D eigenvalue weighted by Crippen LogP contribution is -1.85. The molecule has 1 heterocycles. The second kappa shape index (κ2) is 2.73. The van der Waals surface area contributed by atoms with Gasteiger partial charge in [-0.25, -0.2) is 4.39 Å². The standard InChI is InChI=1S/C9H9FN2O/c1-5(10)9-7-4-6(13)2-3-8(7)11-12-9/h2-5,13H,1H3,(H,11,12). The minimum atomic E-state index is -1.10. The van der Waals surface area contributed by atoms with Gasteiger partial charge in [-0.05, 0) is 25.1 Å². The quantitative estimate of drug-likeness (QED) is 0.707. The van der Waals surface area contributed by atoms with Crippen LogP contribution in [0.15, 0.2) is 18.2 Å². The lowest BCUT2D eigenvalue weighted by Gasteiger charge is -1.97. The molecule has 3 nitrogen and oxygen atoms in total. The van der Waals surface area contributed by atoms with Crippen LogP contribution >= 0.6 is 0 Å². The number of hydrogen-bond donors (Lipinski definition) is 2. The second-order valence-electron chi connectivity index (χ2n) is 2.95. The Balaban J connectivity index is 2.71. The highest BCUT2D eigenvalue weighted by Crippen LogP contribution is 2.26. The average molecular weight is 180 g/mol. The SMILES string of the molecule is CC(F)c1[nH]nc2ccc(O)cc12. The summed E-state index contributed by atoms with van der Waals surface area (Å²) >= 11 is 0. The van der Waals surface area contributed by atoms with Gasteiger partial charge in [0.2, 0.25) is 0 Å². The Morgan fingerprint density at radius 3 is 3.00 bits per heavy atom. The Labute approximate surface area is 74.2 Å². The van der Waals surface area contributed by atoms with Gasteiger partial charge in [0.15, 0.2) is 0 Å². The van der Waals surface area contributed by atoms with Crippen LogP contribution in [-0.2, 0) is 0 Å². The van der Waals surface area contributed by atoms with E-state index in [1.54, 1.807) is 6.07 Å². The van der Waals surface area contributed by atoms with Gasteiger partial charge < -0.3 is 5.11 Å². The number of aromatic nitrogens is 2. The lowest BCUT2D eigenvalue weighted by molar-refractivity contribution is 0.367. The van der Waals surface area contributed by atoms with Gasteiger partial charge in [-0.15, -0.1) is 0 Å². The van der Waals surface area contributed by atoms with Crippen molar-refractivity contribution in [1.82, 2.24) is 10.2 Å². The average Bonchev–Trinajstić information content (AvgIpc) is 2.46. The molecule has 0 spiro atoms. The molecule has 2 rings (SSSR count). The van der Waals surface area contributed by atoms with Crippen molar-refractivity contribution in [2.45, 2.75) is 13.1 Å². The van der Waals surface area contributed by atoms with Crippen LogP contribution in [0.2, 0.25) is 0 Å². The molecule has 0 radical (unpaired) electrons. The van der Waals surface area contributed by atoms with Crippen LogP contribution in [0.25, 0.3) is 10.9 Å². The fourth-order valence-electron chi connectivity index (χ4n) is 1.32. The van der Waals surface area contributed by atoms with Crippen LogP contribution in [0.3, 0.4) is 0 Å². The number of phenols is 1. The minimum Gasteiger partial charge on any atom is -0.508 e. The van der Waals surface area contributed by atoms with Gasteiger partial charge in [0.05, 0.1) is 11.2 Å². The molecule has 0 saturated heterocycles. The zero-order valence-corrected chi connectivity index (χ0v) is 7.08. The van der Waals surface area contributed by atoms with Crippen LogP contribution in [0.5, 0.6) is 5.75 Å². The molecule has 1 unspecified atom stereocenters. The first kappa shape index (κ1) is 8.04. The maximum absolute atomic E-state index is 13.0. The highest BCUT2D eigenvalue weighted by Gasteiger charge is 2.11. The summed E-state index contributed by atoms with van der Waals surface area (Å²) in [5, 5.41) is 16.3. The third-order valence-electron chi connectivity index (χ3n) is 1.96. The number of hydrogen-bond acceptors (Lipinski definition) is 2. The van der Waals surface area contributed by atoms with Crippen molar-refractivity contribution in [3.8, 4) is 5.75 Å². The minimum absolute atomic E-state index is 0.121. The highest BCUT2D eigenvalue weighted by molar-refractivity contribution is 5.83. The number of benzene rings is 1. The van der Waals surface area contributed by atoms with E-state index in [2.05, 4.69) is 10.2 Å². The molecular formula is C9H9FN2O. The van der Waals surface area contributed by atoms with E-state index in [4.69, 9.17) is 0 Å². The van der Waals surface area contributed by atoms with E-state index in [9.17, 15) is 9.50 Å². The molecule has 68 valence electrons. The topological polar surface area (TPSA) is 48.9 Å². The van der Waals surface area contributed by atoms with Crippen molar-refractivity contribution in [1.29, 1.82) is 0 Å². The molecule has 0 aliphatic carbocycles. The number of nitrogens with zero attached hydrogens (tertiary/aromatic N) is 1. The molecule has 0 amide bonds. The molecule has 0 saturated carbocycles. The van der Waals surface area contributed by atoms with Crippen LogP contribution in [0.4, 0.5) is 4.39 Å². The van der Waals surface area contributed by atoms with E-state index in [0.29, 0.717) is 16.6 Å². The summed E-state index contributed by atoms with van der Waals surface area (Å²) in [6, 6.07) is 4.67. The van der Waals surface area contributed by atoms with Crippen molar-refractivity contribution in [2.24, 2.45) is 0 Å². The van der Waals surface area contributed by atoms with E-state index in [-0.39, 0.29) is 5.75 Å². The molecule has 1 atom stereocenters. The molecule has 1 aromatic heterocycles. The highest BCUT2D eigenvalue weighted by atomic mass is 19.1. The molecule has 2 aromatic rings. The number of aromatic amines is 1. The molecule has 0 fully saturated rings. The predicted molar refractivity (Wildman–Crippen MR) is 47.3 cm³/mol. The second-order valence-corrected chi connectivity index (χ2v) is 2.95. The Kier molecular flexibility index (Phi) is 1.69. The van der Waals surface area contributed by atoms with Gasteiger partial charge in [-0.1, -0.05) is 0 Å². The zero-order chi connectivity index (χ0) is 9.42. The third-order valence-corrected chi connectivity index (χ3v) is 1.96. The smallest absolute Gasteiger partial charge is 0.139 e. The van der Waals surface area contributed by atoms with E-state index < -0.39 is 6.17 Å². The Morgan fingerprint density at radius 1 is 1.54 bits per heavy atom. The van der Waals surface area contributed by atoms with Crippen molar-refractivity contribution >= 4 is 10.9 Å². The summed E-state index contributed by atoms with van der Waals surface area (Å²) in [4.78, 5) is 0. The summed E-state index contributed by atoms with van der Waals surface area (Å²) in [7, 11) is 0. The maximum atomic E-state index is 13.0. The normalized spacial score (nSPS) is 13.4. The fourth-order valence-corrected chi connectivity index (χ4v) is 1.32. The van der Waals surface area contributed by atoms with Gasteiger partial charge in [0.25, 0.3) is 0 Å². The Morgan fingerprint density at radius 2 is 2.31 bits per heavy atom. The molecule has 0 bridgehead atoms. The summed E-state index contributed by atoms with van der Waals surface area (Å²) in [5.41, 5.74) is 1.07. The maximum Gasteiger partial charge on any atom is 0.139 e. The van der Waals surface area contributed by atoms with E-state index in [1.165, 1.54) is 19.1 Å². The molecule has 0 aliphatic rings. The molecule has 4 heteroatoms. The largest absolute Gasteiger partial charge is 0.508 e. The fraction of sp³-hybridized carbons (Fsp3) is 0.222. The molecule has 0 aliphatic heterocycles. The first-order chi connectivity index (χ1) is 6.18.